The Bertz CT molecular complexity index is 503. The Labute approximate surface area is 161 Å². The maximum absolute atomic E-state index is 12.6. The Morgan fingerprint density at radius 2 is 1.59 bits per heavy atom. The van der Waals surface area contributed by atoms with Crippen molar-refractivity contribution in [1.29, 1.82) is 0 Å². The summed E-state index contributed by atoms with van der Waals surface area (Å²) in [4.78, 5) is 40.0. The highest BCUT2D eigenvalue weighted by Gasteiger charge is 2.26. The first-order chi connectivity index (χ1) is 12.6. The van der Waals surface area contributed by atoms with Crippen LogP contribution in [-0.2, 0) is 14.4 Å². The molecule has 8 N–H and O–H groups in total. The van der Waals surface area contributed by atoms with E-state index in [0.29, 0.717) is 38.5 Å². The largest absolute Gasteiger partial charge is 0.370 e. The number of hydrogen-bond acceptors (Lipinski definition) is 5. The molecule has 0 saturated heterocycles. The summed E-state index contributed by atoms with van der Waals surface area (Å²) in [5.41, 5.74) is 16.4. The van der Waals surface area contributed by atoms with E-state index in [0.717, 1.165) is 0 Å². The Morgan fingerprint density at radius 1 is 1.00 bits per heavy atom. The van der Waals surface area contributed by atoms with Crippen LogP contribution in [0.3, 0.4) is 0 Å². The quantitative estimate of drug-likeness (QED) is 0.126. The number of nitrogens with zero attached hydrogens (tertiary/aromatic N) is 1. The number of carbonyl (C=O) groups is 3. The molecule has 0 rings (SSSR count). The second kappa shape index (κ2) is 13.1. The maximum Gasteiger partial charge on any atom is 0.243 e. The fraction of sp³-hybridized carbons (Fsp3) is 0.778. The molecule has 9 heteroatoms. The SMILES string of the molecule is CC(C)C[C@H](NC(=O)[C@@H](N)CC(C)C)C(=O)N[C@@H](C=O)CCCN=C(N)N. The van der Waals surface area contributed by atoms with Crippen molar-refractivity contribution in [3.8, 4) is 0 Å². The summed E-state index contributed by atoms with van der Waals surface area (Å²) in [5, 5.41) is 5.39. The number of hydrogen-bond donors (Lipinski definition) is 5. The molecule has 9 nitrogen and oxygen atoms in total. The van der Waals surface area contributed by atoms with Gasteiger partial charge in [-0.3, -0.25) is 14.6 Å². The average molecular weight is 385 g/mol. The van der Waals surface area contributed by atoms with Gasteiger partial charge in [-0.05, 0) is 37.5 Å². The van der Waals surface area contributed by atoms with Crippen LogP contribution in [0.2, 0.25) is 0 Å². The Balaban J connectivity index is 4.81. The second-order valence-electron chi connectivity index (χ2n) is 7.63. The fourth-order valence-electron chi connectivity index (χ4n) is 2.57. The van der Waals surface area contributed by atoms with Crippen LogP contribution in [0.5, 0.6) is 0 Å². The Kier molecular flexibility index (Phi) is 12.0. The third kappa shape index (κ3) is 12.0. The molecule has 3 atom stereocenters. The summed E-state index contributed by atoms with van der Waals surface area (Å²) in [5.74, 6) is -0.321. The number of nitrogens with one attached hydrogen (secondary N) is 2. The fourth-order valence-corrected chi connectivity index (χ4v) is 2.57. The van der Waals surface area contributed by atoms with Gasteiger partial charge >= 0.3 is 0 Å². The van der Waals surface area contributed by atoms with Gasteiger partial charge in [-0.15, -0.1) is 0 Å². The molecule has 0 aromatic rings. The zero-order valence-corrected chi connectivity index (χ0v) is 16.9. The van der Waals surface area contributed by atoms with Crippen molar-refractivity contribution in [3.05, 3.63) is 0 Å². The van der Waals surface area contributed by atoms with Crippen molar-refractivity contribution in [2.45, 2.75) is 71.5 Å². The summed E-state index contributed by atoms with van der Waals surface area (Å²) in [6.07, 6.45) is 2.60. The highest BCUT2D eigenvalue weighted by atomic mass is 16.2. The smallest absolute Gasteiger partial charge is 0.243 e. The van der Waals surface area contributed by atoms with Crippen LogP contribution < -0.4 is 27.8 Å². The van der Waals surface area contributed by atoms with Gasteiger partial charge in [-0.1, -0.05) is 27.7 Å². The predicted octanol–water partition coefficient (Wildman–Crippen LogP) is -0.372. The summed E-state index contributed by atoms with van der Waals surface area (Å²) >= 11 is 0. The van der Waals surface area contributed by atoms with Crippen molar-refractivity contribution in [2.24, 2.45) is 34.0 Å². The van der Waals surface area contributed by atoms with Crippen molar-refractivity contribution >= 4 is 24.1 Å². The average Bonchev–Trinajstić information content (AvgIpc) is 2.55. The zero-order valence-electron chi connectivity index (χ0n) is 16.9. The summed E-state index contributed by atoms with van der Waals surface area (Å²) < 4.78 is 0. The molecule has 0 bridgehead atoms. The standard InChI is InChI=1S/C18H36N6O3/c1-11(2)8-14(19)16(26)24-15(9-12(3)4)17(27)23-13(10-25)6-5-7-22-18(20)21/h10-15H,5-9,19H2,1-4H3,(H,23,27)(H,24,26)(H4,20,21,22)/t13-,14+,15+/m1/s1. The molecule has 0 heterocycles. The van der Waals surface area contributed by atoms with Crippen molar-refractivity contribution < 1.29 is 14.4 Å². The van der Waals surface area contributed by atoms with Crippen LogP contribution in [0.1, 0.15) is 53.4 Å². The summed E-state index contributed by atoms with van der Waals surface area (Å²) in [6, 6.07) is -2.08. The molecule has 0 fully saturated rings. The second-order valence-corrected chi connectivity index (χ2v) is 7.63. The van der Waals surface area contributed by atoms with Crippen LogP contribution in [0.25, 0.3) is 0 Å². The Hall–Kier alpha value is -2.16. The van der Waals surface area contributed by atoms with E-state index < -0.39 is 24.0 Å². The van der Waals surface area contributed by atoms with Gasteiger partial charge in [-0.25, -0.2) is 0 Å². The lowest BCUT2D eigenvalue weighted by atomic mass is 10.00. The number of aliphatic imine (C=N–C) groups is 1. The van der Waals surface area contributed by atoms with Crippen molar-refractivity contribution in [2.75, 3.05) is 6.54 Å². The molecule has 0 aliphatic rings. The molecule has 0 radical (unpaired) electrons. The van der Waals surface area contributed by atoms with E-state index in [1.165, 1.54) is 0 Å². The lowest BCUT2D eigenvalue weighted by Gasteiger charge is -2.24. The topological polar surface area (TPSA) is 166 Å². The van der Waals surface area contributed by atoms with Gasteiger partial charge in [0.05, 0.1) is 12.1 Å². The number of aldehydes is 1. The van der Waals surface area contributed by atoms with E-state index in [1.54, 1.807) is 0 Å². The minimum absolute atomic E-state index is 0.0147. The first-order valence-corrected chi connectivity index (χ1v) is 9.43. The molecule has 0 aliphatic carbocycles. The van der Waals surface area contributed by atoms with Crippen LogP contribution in [0, 0.1) is 11.8 Å². The minimum atomic E-state index is -0.740. The zero-order chi connectivity index (χ0) is 21.0. The lowest BCUT2D eigenvalue weighted by Crippen LogP contribution is -2.54. The van der Waals surface area contributed by atoms with Crippen molar-refractivity contribution in [3.63, 3.8) is 0 Å². The first kappa shape index (κ1) is 24.8. The Morgan fingerprint density at radius 3 is 2.07 bits per heavy atom. The number of guanidine groups is 1. The molecule has 0 spiro atoms. The molecule has 0 aromatic carbocycles. The lowest BCUT2D eigenvalue weighted by molar-refractivity contribution is -0.131. The van der Waals surface area contributed by atoms with Crippen molar-refractivity contribution in [1.82, 2.24) is 10.6 Å². The number of amides is 2. The van der Waals surface area contributed by atoms with Gasteiger partial charge in [0, 0.05) is 6.54 Å². The molecule has 0 unspecified atom stereocenters. The molecule has 0 aromatic heterocycles. The normalized spacial score (nSPS) is 14.3. The molecule has 156 valence electrons. The summed E-state index contributed by atoms with van der Waals surface area (Å²) in [6.45, 7) is 8.23. The molecule has 0 aliphatic heterocycles. The maximum atomic E-state index is 12.6. The molecule has 27 heavy (non-hydrogen) atoms. The van der Waals surface area contributed by atoms with Crippen LogP contribution in [0.15, 0.2) is 4.99 Å². The highest BCUT2D eigenvalue weighted by Crippen LogP contribution is 2.08. The van der Waals surface area contributed by atoms with Crippen LogP contribution in [-0.4, -0.2) is 48.7 Å². The molecular formula is C18H36N6O3. The third-order valence-corrected chi connectivity index (χ3v) is 3.86. The third-order valence-electron chi connectivity index (χ3n) is 3.86. The minimum Gasteiger partial charge on any atom is -0.370 e. The van der Waals surface area contributed by atoms with Gasteiger partial charge in [0.15, 0.2) is 5.96 Å². The van der Waals surface area contributed by atoms with E-state index in [-0.39, 0.29) is 23.7 Å². The first-order valence-electron chi connectivity index (χ1n) is 9.43. The molecular weight excluding hydrogens is 348 g/mol. The number of carbonyl (C=O) groups excluding carboxylic acids is 3. The van der Waals surface area contributed by atoms with Gasteiger partial charge in [-0.2, -0.15) is 0 Å². The van der Waals surface area contributed by atoms with Gasteiger partial charge in [0.25, 0.3) is 0 Å². The molecule has 2 amide bonds. The van der Waals surface area contributed by atoms with Gasteiger partial charge < -0.3 is 32.6 Å². The number of rotatable bonds is 13. The van der Waals surface area contributed by atoms with Gasteiger partial charge in [0.2, 0.25) is 11.8 Å². The van der Waals surface area contributed by atoms with E-state index >= 15 is 0 Å². The van der Waals surface area contributed by atoms with E-state index in [2.05, 4.69) is 15.6 Å². The highest BCUT2D eigenvalue weighted by molar-refractivity contribution is 5.90. The monoisotopic (exact) mass is 384 g/mol. The van der Waals surface area contributed by atoms with Gasteiger partial charge in [0.1, 0.15) is 12.3 Å². The predicted molar refractivity (Wildman–Crippen MR) is 107 cm³/mol. The van der Waals surface area contributed by atoms with E-state index in [9.17, 15) is 14.4 Å². The molecule has 0 saturated carbocycles. The van der Waals surface area contributed by atoms with Crippen LogP contribution >= 0.6 is 0 Å². The summed E-state index contributed by atoms with van der Waals surface area (Å²) in [7, 11) is 0. The van der Waals surface area contributed by atoms with Crippen LogP contribution in [0.4, 0.5) is 0 Å². The van der Waals surface area contributed by atoms with E-state index in [4.69, 9.17) is 17.2 Å². The number of nitrogens with two attached hydrogens (primary N) is 3. The van der Waals surface area contributed by atoms with E-state index in [1.807, 2.05) is 27.7 Å².